The van der Waals surface area contributed by atoms with Crippen LogP contribution in [-0.4, -0.2) is 17.9 Å². The van der Waals surface area contributed by atoms with Crippen LogP contribution in [0.5, 0.6) is 0 Å². The lowest BCUT2D eigenvalue weighted by molar-refractivity contribution is -0.145. The largest absolute Gasteiger partial charge is 0.466 e. The van der Waals surface area contributed by atoms with E-state index in [0.29, 0.717) is 23.9 Å². The summed E-state index contributed by atoms with van der Waals surface area (Å²) in [6.07, 6.45) is 0.599. The second-order valence-electron chi connectivity index (χ2n) is 3.34. The number of esters is 1. The summed E-state index contributed by atoms with van der Waals surface area (Å²) >= 11 is 3.28. The minimum Gasteiger partial charge on any atom is -0.466 e. The van der Waals surface area contributed by atoms with Crippen LogP contribution in [0, 0.1) is 5.82 Å². The molecule has 0 saturated heterocycles. The molecule has 0 radical (unpaired) electrons. The molecular weight excluding hydrogens is 275 g/mol. The Hall–Kier alpha value is -0.900. The standard InChI is InChI=1S/C12H14BrFO2/c1-2-16-12(15)11(6-7-13)9-4-3-5-10(14)8-9/h3-5,8,11H,2,6-7H2,1H3. The number of hydrogen-bond acceptors (Lipinski definition) is 2. The molecule has 0 saturated carbocycles. The van der Waals surface area contributed by atoms with Crippen LogP contribution in [0.2, 0.25) is 0 Å². The summed E-state index contributed by atoms with van der Waals surface area (Å²) in [7, 11) is 0. The first-order valence-electron chi connectivity index (χ1n) is 5.17. The van der Waals surface area contributed by atoms with Crippen molar-refractivity contribution < 1.29 is 13.9 Å². The van der Waals surface area contributed by atoms with E-state index in [0.717, 1.165) is 0 Å². The molecule has 0 aliphatic rings. The second-order valence-corrected chi connectivity index (χ2v) is 4.13. The first-order valence-corrected chi connectivity index (χ1v) is 6.29. The average Bonchev–Trinajstić information content (AvgIpc) is 2.26. The Kier molecular flexibility index (Phi) is 5.46. The SMILES string of the molecule is CCOC(=O)C(CCBr)c1cccc(F)c1. The molecule has 1 rings (SSSR count). The zero-order valence-electron chi connectivity index (χ0n) is 9.08. The van der Waals surface area contributed by atoms with Crippen LogP contribution in [0.3, 0.4) is 0 Å². The Balaban J connectivity index is 2.88. The maximum absolute atomic E-state index is 13.1. The Morgan fingerprint density at radius 2 is 2.31 bits per heavy atom. The van der Waals surface area contributed by atoms with Crippen LogP contribution in [0.15, 0.2) is 24.3 Å². The maximum Gasteiger partial charge on any atom is 0.313 e. The second kappa shape index (κ2) is 6.63. The van der Waals surface area contributed by atoms with Gasteiger partial charge in [0, 0.05) is 5.33 Å². The van der Waals surface area contributed by atoms with Crippen molar-refractivity contribution in [2.45, 2.75) is 19.3 Å². The van der Waals surface area contributed by atoms with Gasteiger partial charge in [0.25, 0.3) is 0 Å². The van der Waals surface area contributed by atoms with Crippen molar-refractivity contribution in [2.24, 2.45) is 0 Å². The van der Waals surface area contributed by atoms with E-state index >= 15 is 0 Å². The van der Waals surface area contributed by atoms with Crippen molar-refractivity contribution in [1.82, 2.24) is 0 Å². The Morgan fingerprint density at radius 1 is 1.56 bits per heavy atom. The molecule has 16 heavy (non-hydrogen) atoms. The van der Waals surface area contributed by atoms with E-state index in [9.17, 15) is 9.18 Å². The van der Waals surface area contributed by atoms with E-state index in [1.807, 2.05) is 0 Å². The van der Waals surface area contributed by atoms with Crippen molar-refractivity contribution in [3.63, 3.8) is 0 Å². The lowest BCUT2D eigenvalue weighted by atomic mass is 9.96. The first kappa shape index (κ1) is 13.2. The summed E-state index contributed by atoms with van der Waals surface area (Å²) in [6.45, 7) is 2.10. The fraction of sp³-hybridized carbons (Fsp3) is 0.417. The lowest BCUT2D eigenvalue weighted by Gasteiger charge is -2.14. The van der Waals surface area contributed by atoms with E-state index in [1.54, 1.807) is 19.1 Å². The third-order valence-corrected chi connectivity index (χ3v) is 2.68. The predicted octanol–water partition coefficient (Wildman–Crippen LogP) is 3.26. The average molecular weight is 289 g/mol. The molecule has 0 aliphatic heterocycles. The van der Waals surface area contributed by atoms with E-state index in [1.165, 1.54) is 12.1 Å². The zero-order chi connectivity index (χ0) is 12.0. The van der Waals surface area contributed by atoms with E-state index < -0.39 is 5.92 Å². The van der Waals surface area contributed by atoms with E-state index in [4.69, 9.17) is 4.74 Å². The molecule has 0 spiro atoms. The Labute approximate surface area is 103 Å². The smallest absolute Gasteiger partial charge is 0.313 e. The Morgan fingerprint density at radius 3 is 2.88 bits per heavy atom. The van der Waals surface area contributed by atoms with Crippen molar-refractivity contribution in [2.75, 3.05) is 11.9 Å². The number of rotatable bonds is 5. The van der Waals surface area contributed by atoms with Gasteiger partial charge in [-0.1, -0.05) is 28.1 Å². The van der Waals surface area contributed by atoms with Crippen LogP contribution >= 0.6 is 15.9 Å². The highest BCUT2D eigenvalue weighted by molar-refractivity contribution is 9.09. The van der Waals surface area contributed by atoms with Crippen molar-refractivity contribution >= 4 is 21.9 Å². The molecule has 1 atom stereocenters. The molecule has 1 aromatic rings. The number of carbonyl (C=O) groups excluding carboxylic acids is 1. The molecule has 0 amide bonds. The number of hydrogen-bond donors (Lipinski definition) is 0. The fourth-order valence-corrected chi connectivity index (χ4v) is 1.95. The monoisotopic (exact) mass is 288 g/mol. The number of benzene rings is 1. The highest BCUT2D eigenvalue weighted by atomic mass is 79.9. The Bertz CT molecular complexity index is 355. The van der Waals surface area contributed by atoms with Gasteiger partial charge in [-0.05, 0) is 31.0 Å². The van der Waals surface area contributed by atoms with Crippen molar-refractivity contribution in [3.8, 4) is 0 Å². The van der Waals surface area contributed by atoms with Gasteiger partial charge in [-0.25, -0.2) is 4.39 Å². The van der Waals surface area contributed by atoms with Gasteiger partial charge in [0.15, 0.2) is 0 Å². The van der Waals surface area contributed by atoms with Crippen LogP contribution in [0.1, 0.15) is 24.8 Å². The van der Waals surface area contributed by atoms with Gasteiger partial charge < -0.3 is 4.74 Å². The fourth-order valence-electron chi connectivity index (χ4n) is 1.50. The third-order valence-electron chi connectivity index (χ3n) is 2.22. The van der Waals surface area contributed by atoms with Gasteiger partial charge in [0.1, 0.15) is 5.82 Å². The summed E-state index contributed by atoms with van der Waals surface area (Å²) < 4.78 is 18.0. The van der Waals surface area contributed by atoms with Gasteiger partial charge in [-0.2, -0.15) is 0 Å². The van der Waals surface area contributed by atoms with Crippen molar-refractivity contribution in [3.05, 3.63) is 35.6 Å². The molecule has 4 heteroatoms. The number of halogens is 2. The highest BCUT2D eigenvalue weighted by Crippen LogP contribution is 2.23. The number of alkyl halides is 1. The topological polar surface area (TPSA) is 26.3 Å². The first-order chi connectivity index (χ1) is 7.69. The molecule has 0 N–H and O–H groups in total. The summed E-state index contributed by atoms with van der Waals surface area (Å²) in [5, 5.41) is 0.674. The van der Waals surface area contributed by atoms with Gasteiger partial charge in [0.05, 0.1) is 12.5 Å². The summed E-state index contributed by atoms with van der Waals surface area (Å²) in [5.41, 5.74) is 0.665. The number of ether oxygens (including phenoxy) is 1. The molecule has 0 heterocycles. The summed E-state index contributed by atoms with van der Waals surface area (Å²) in [6, 6.07) is 6.09. The van der Waals surface area contributed by atoms with E-state index in [2.05, 4.69) is 15.9 Å². The molecule has 0 aromatic heterocycles. The normalized spacial score (nSPS) is 12.2. The molecule has 88 valence electrons. The van der Waals surface area contributed by atoms with Crippen LogP contribution in [-0.2, 0) is 9.53 Å². The molecule has 1 unspecified atom stereocenters. The van der Waals surface area contributed by atoms with Crippen LogP contribution in [0.4, 0.5) is 4.39 Å². The van der Waals surface area contributed by atoms with Gasteiger partial charge >= 0.3 is 5.97 Å². The van der Waals surface area contributed by atoms with Crippen molar-refractivity contribution in [1.29, 1.82) is 0 Å². The minimum atomic E-state index is -0.393. The predicted molar refractivity (Wildman–Crippen MR) is 64.2 cm³/mol. The maximum atomic E-state index is 13.1. The van der Waals surface area contributed by atoms with Gasteiger partial charge in [-0.3, -0.25) is 4.79 Å². The van der Waals surface area contributed by atoms with Gasteiger partial charge in [0.2, 0.25) is 0 Å². The molecule has 2 nitrogen and oxygen atoms in total. The summed E-state index contributed by atoms with van der Waals surface area (Å²) in [4.78, 5) is 11.7. The molecule has 0 fully saturated rings. The quantitative estimate of drug-likeness (QED) is 0.614. The van der Waals surface area contributed by atoms with E-state index in [-0.39, 0.29) is 11.8 Å². The van der Waals surface area contributed by atoms with Crippen LogP contribution < -0.4 is 0 Å². The summed E-state index contributed by atoms with van der Waals surface area (Å²) in [5.74, 6) is -1.02. The van der Waals surface area contributed by atoms with Crippen LogP contribution in [0.25, 0.3) is 0 Å². The molecule has 0 bridgehead atoms. The molecular formula is C12H14BrFO2. The third kappa shape index (κ3) is 3.59. The molecule has 0 aliphatic carbocycles. The zero-order valence-corrected chi connectivity index (χ0v) is 10.7. The lowest BCUT2D eigenvalue weighted by Crippen LogP contribution is -2.16. The van der Waals surface area contributed by atoms with Gasteiger partial charge in [-0.15, -0.1) is 0 Å². The number of carbonyl (C=O) groups is 1. The molecule has 1 aromatic carbocycles. The minimum absolute atomic E-state index is 0.299. The highest BCUT2D eigenvalue weighted by Gasteiger charge is 2.21.